The van der Waals surface area contributed by atoms with Crippen molar-refractivity contribution in [3.63, 3.8) is 0 Å². The molecule has 1 amide bonds. The summed E-state index contributed by atoms with van der Waals surface area (Å²) in [7, 11) is 0. The Morgan fingerprint density at radius 2 is 2.11 bits per heavy atom. The van der Waals surface area contributed by atoms with Crippen molar-refractivity contribution in [3.05, 3.63) is 70.5 Å². The molecule has 1 aliphatic heterocycles. The molecule has 0 bridgehead atoms. The number of halogens is 1. The lowest BCUT2D eigenvalue weighted by molar-refractivity contribution is 0.0664. The van der Waals surface area contributed by atoms with Gasteiger partial charge in [-0.15, -0.1) is 0 Å². The van der Waals surface area contributed by atoms with Gasteiger partial charge >= 0.3 is 0 Å². The van der Waals surface area contributed by atoms with Crippen LogP contribution in [0.3, 0.4) is 0 Å². The molecule has 2 aromatic heterocycles. The number of aromatic nitrogens is 2. The maximum absolute atomic E-state index is 12.7. The minimum atomic E-state index is -0.123. The maximum Gasteiger partial charge on any atom is 0.291 e. The number of amides is 1. The number of carbonyl (C=O) groups is 1. The van der Waals surface area contributed by atoms with E-state index in [4.69, 9.17) is 20.4 Å². The Balaban J connectivity index is 1.44. The fraction of sp³-hybridized carbons (Fsp3) is 0.350. The van der Waals surface area contributed by atoms with Crippen molar-refractivity contribution in [1.82, 2.24) is 14.9 Å². The number of nitrogens with zero attached hydrogens (tertiary/aromatic N) is 3. The van der Waals surface area contributed by atoms with Gasteiger partial charge in [0.1, 0.15) is 5.76 Å². The molecule has 1 aromatic carbocycles. The molecule has 27 heavy (non-hydrogen) atoms. The van der Waals surface area contributed by atoms with E-state index in [0.29, 0.717) is 41.9 Å². The fourth-order valence-electron chi connectivity index (χ4n) is 3.41. The van der Waals surface area contributed by atoms with Crippen molar-refractivity contribution < 1.29 is 13.6 Å². The Kier molecular flexibility index (Phi) is 4.99. The molecule has 0 saturated carbocycles. The highest BCUT2D eigenvalue weighted by atomic mass is 35.5. The van der Waals surface area contributed by atoms with Crippen LogP contribution < -0.4 is 0 Å². The van der Waals surface area contributed by atoms with Crippen LogP contribution in [0, 0.1) is 6.92 Å². The van der Waals surface area contributed by atoms with Crippen LogP contribution in [-0.2, 0) is 6.42 Å². The third-order valence-electron chi connectivity index (χ3n) is 4.86. The first kappa shape index (κ1) is 17.8. The van der Waals surface area contributed by atoms with Crippen molar-refractivity contribution in [3.8, 4) is 0 Å². The molecule has 7 heteroatoms. The van der Waals surface area contributed by atoms with Crippen molar-refractivity contribution >= 4 is 17.5 Å². The summed E-state index contributed by atoms with van der Waals surface area (Å²) in [6, 6.07) is 7.69. The molecule has 0 aliphatic carbocycles. The van der Waals surface area contributed by atoms with Gasteiger partial charge in [-0.25, -0.2) is 9.97 Å². The van der Waals surface area contributed by atoms with Gasteiger partial charge in [0.05, 0.1) is 17.8 Å². The zero-order chi connectivity index (χ0) is 18.8. The van der Waals surface area contributed by atoms with Crippen LogP contribution in [0.1, 0.15) is 52.2 Å². The second-order valence-corrected chi connectivity index (χ2v) is 7.26. The summed E-state index contributed by atoms with van der Waals surface area (Å²) >= 11 is 5.93. The molecular weight excluding hydrogens is 366 g/mol. The van der Waals surface area contributed by atoms with E-state index in [1.165, 1.54) is 6.39 Å². The number of rotatable bonds is 4. The third kappa shape index (κ3) is 3.90. The van der Waals surface area contributed by atoms with Crippen LogP contribution in [0.25, 0.3) is 0 Å². The predicted molar refractivity (Wildman–Crippen MR) is 99.9 cm³/mol. The van der Waals surface area contributed by atoms with Crippen molar-refractivity contribution in [1.29, 1.82) is 0 Å². The Morgan fingerprint density at radius 3 is 2.85 bits per heavy atom. The summed E-state index contributed by atoms with van der Waals surface area (Å²) in [6.07, 6.45) is 5.59. The van der Waals surface area contributed by atoms with E-state index in [-0.39, 0.29) is 11.8 Å². The van der Waals surface area contributed by atoms with Gasteiger partial charge in [0.25, 0.3) is 5.91 Å². The molecule has 6 nitrogen and oxygen atoms in total. The fourth-order valence-corrected chi connectivity index (χ4v) is 3.54. The zero-order valence-corrected chi connectivity index (χ0v) is 15.8. The Hall–Kier alpha value is -2.60. The first-order valence-electron chi connectivity index (χ1n) is 8.98. The van der Waals surface area contributed by atoms with Gasteiger partial charge in [-0.2, -0.15) is 0 Å². The van der Waals surface area contributed by atoms with Crippen LogP contribution in [0.15, 0.2) is 45.7 Å². The lowest BCUT2D eigenvalue weighted by Crippen LogP contribution is -2.39. The molecule has 1 saturated heterocycles. The Labute approximate surface area is 162 Å². The molecule has 0 N–H and O–H groups in total. The average molecular weight is 386 g/mol. The highest BCUT2D eigenvalue weighted by Gasteiger charge is 2.30. The summed E-state index contributed by atoms with van der Waals surface area (Å²) in [5.41, 5.74) is 1.73. The van der Waals surface area contributed by atoms with Crippen molar-refractivity contribution in [2.75, 3.05) is 13.1 Å². The van der Waals surface area contributed by atoms with E-state index < -0.39 is 0 Å². The molecule has 0 spiro atoms. The molecule has 1 fully saturated rings. The largest absolute Gasteiger partial charge is 0.445 e. The molecule has 1 aliphatic rings. The molecule has 140 valence electrons. The molecule has 0 unspecified atom stereocenters. The number of likely N-dealkylation sites (tertiary alicyclic amines) is 1. The number of hydrogen-bond acceptors (Lipinski definition) is 5. The number of aryl methyl sites for hydroxylation is 1. The Bertz CT molecular complexity index is 932. The van der Waals surface area contributed by atoms with Crippen LogP contribution >= 0.6 is 11.6 Å². The third-order valence-corrected chi connectivity index (χ3v) is 5.11. The summed E-state index contributed by atoms with van der Waals surface area (Å²) in [4.78, 5) is 22.9. The first-order valence-corrected chi connectivity index (χ1v) is 9.36. The van der Waals surface area contributed by atoms with Crippen molar-refractivity contribution in [2.45, 2.75) is 32.1 Å². The second-order valence-electron chi connectivity index (χ2n) is 6.83. The highest BCUT2D eigenvalue weighted by Crippen LogP contribution is 2.28. The topological polar surface area (TPSA) is 72.4 Å². The van der Waals surface area contributed by atoms with Gasteiger partial charge in [0.2, 0.25) is 5.76 Å². The van der Waals surface area contributed by atoms with Gasteiger partial charge < -0.3 is 13.7 Å². The highest BCUT2D eigenvalue weighted by molar-refractivity contribution is 6.30. The predicted octanol–water partition coefficient (Wildman–Crippen LogP) is 4.24. The standard InChI is InChI=1S/C20H20ClN3O3/c1-13-18(26-12-23-13)20(25)24-8-2-3-15(11-24)19-22-10-17(27-19)9-14-4-6-16(21)7-5-14/h4-7,10,12,15H,2-3,8-9,11H2,1H3/t15-/m0/s1. The average Bonchev–Trinajstić information content (AvgIpc) is 3.32. The SMILES string of the molecule is Cc1ncoc1C(=O)N1CCC[C@H](c2ncc(Cc3ccc(Cl)cc3)o2)C1. The minimum Gasteiger partial charge on any atom is -0.445 e. The minimum absolute atomic E-state index is 0.0879. The zero-order valence-electron chi connectivity index (χ0n) is 15.0. The second kappa shape index (κ2) is 7.56. The van der Waals surface area contributed by atoms with Gasteiger partial charge in [-0.05, 0) is 37.5 Å². The van der Waals surface area contributed by atoms with Crippen LogP contribution in [0.4, 0.5) is 0 Å². The van der Waals surface area contributed by atoms with Gasteiger partial charge in [0, 0.05) is 24.5 Å². The number of hydrogen-bond donors (Lipinski definition) is 0. The van der Waals surface area contributed by atoms with E-state index in [2.05, 4.69) is 9.97 Å². The van der Waals surface area contributed by atoms with Crippen LogP contribution in [-0.4, -0.2) is 33.9 Å². The molecule has 1 atom stereocenters. The van der Waals surface area contributed by atoms with E-state index >= 15 is 0 Å². The molecule has 4 rings (SSSR count). The first-order chi connectivity index (χ1) is 13.1. The summed E-state index contributed by atoms with van der Waals surface area (Å²) in [5, 5.41) is 0.714. The molecule has 3 aromatic rings. The smallest absolute Gasteiger partial charge is 0.291 e. The molecular formula is C20H20ClN3O3. The van der Waals surface area contributed by atoms with E-state index in [1.807, 2.05) is 24.3 Å². The molecule has 0 radical (unpaired) electrons. The van der Waals surface area contributed by atoms with E-state index in [9.17, 15) is 4.79 Å². The van der Waals surface area contributed by atoms with Gasteiger partial charge in [-0.3, -0.25) is 4.79 Å². The molecule has 3 heterocycles. The lowest BCUT2D eigenvalue weighted by Gasteiger charge is -2.30. The Morgan fingerprint density at radius 1 is 1.30 bits per heavy atom. The number of carbonyl (C=O) groups excluding carboxylic acids is 1. The van der Waals surface area contributed by atoms with E-state index in [0.717, 1.165) is 24.2 Å². The lowest BCUT2D eigenvalue weighted by atomic mass is 9.97. The summed E-state index contributed by atoms with van der Waals surface area (Å²) in [5.74, 6) is 1.77. The van der Waals surface area contributed by atoms with Crippen molar-refractivity contribution in [2.24, 2.45) is 0 Å². The van der Waals surface area contributed by atoms with Gasteiger partial charge in [-0.1, -0.05) is 23.7 Å². The summed E-state index contributed by atoms with van der Waals surface area (Å²) < 4.78 is 11.2. The number of benzene rings is 1. The van der Waals surface area contributed by atoms with E-state index in [1.54, 1.807) is 18.0 Å². The van der Waals surface area contributed by atoms with Gasteiger partial charge in [0.15, 0.2) is 12.3 Å². The number of piperidine rings is 1. The summed E-state index contributed by atoms with van der Waals surface area (Å²) in [6.45, 7) is 3.04. The maximum atomic E-state index is 12.7. The van der Waals surface area contributed by atoms with Crippen LogP contribution in [0.2, 0.25) is 5.02 Å². The van der Waals surface area contributed by atoms with Crippen LogP contribution in [0.5, 0.6) is 0 Å². The quantitative estimate of drug-likeness (QED) is 0.671. The normalized spacial score (nSPS) is 17.3. The number of oxazole rings is 2. The monoisotopic (exact) mass is 385 g/mol.